The molecule has 5 nitrogen and oxygen atoms in total. The van der Waals surface area contributed by atoms with E-state index in [1.54, 1.807) is 13.0 Å². The lowest BCUT2D eigenvalue weighted by molar-refractivity contribution is -0.117. The summed E-state index contributed by atoms with van der Waals surface area (Å²) >= 11 is 0. The highest BCUT2D eigenvalue weighted by Gasteiger charge is 2.15. The van der Waals surface area contributed by atoms with Crippen molar-refractivity contribution in [1.29, 1.82) is 0 Å². The molecule has 0 bridgehead atoms. The van der Waals surface area contributed by atoms with Gasteiger partial charge in [0.1, 0.15) is 5.76 Å². The molecule has 0 saturated carbocycles. The van der Waals surface area contributed by atoms with Crippen molar-refractivity contribution in [3.63, 3.8) is 0 Å². The lowest BCUT2D eigenvalue weighted by Crippen LogP contribution is -2.36. The Bertz CT molecular complexity index is 537. The van der Waals surface area contributed by atoms with Gasteiger partial charge in [-0.3, -0.25) is 4.79 Å². The molecule has 0 aliphatic rings. The van der Waals surface area contributed by atoms with E-state index in [0.29, 0.717) is 18.0 Å². The van der Waals surface area contributed by atoms with Gasteiger partial charge in [0.25, 0.3) is 0 Å². The Kier molecular flexibility index (Phi) is 4.30. The molecule has 2 aromatic rings. The summed E-state index contributed by atoms with van der Waals surface area (Å²) in [5.74, 6) is 0.801. The zero-order chi connectivity index (χ0) is 13.7. The van der Waals surface area contributed by atoms with Crippen molar-refractivity contribution in [2.75, 3.05) is 5.32 Å². The molecule has 0 aliphatic heterocycles. The maximum Gasteiger partial charge on any atom is 0.242 e. The summed E-state index contributed by atoms with van der Waals surface area (Å²) in [6.07, 6.45) is 1.36. The molecule has 0 fully saturated rings. The summed E-state index contributed by atoms with van der Waals surface area (Å²) in [6, 6.07) is 11.0. The van der Waals surface area contributed by atoms with Crippen LogP contribution < -0.4 is 11.1 Å². The molecule has 100 valence electrons. The molecular weight excluding hydrogens is 242 g/mol. The van der Waals surface area contributed by atoms with E-state index in [4.69, 9.17) is 10.3 Å². The molecule has 0 saturated heterocycles. The highest BCUT2D eigenvalue weighted by Crippen LogP contribution is 2.09. The SMILES string of the molecule is Cc1cc(NC(=O)[C@@H](N)CCc2ccccc2)no1. The van der Waals surface area contributed by atoms with E-state index in [1.807, 2.05) is 30.3 Å². The van der Waals surface area contributed by atoms with Gasteiger partial charge in [0.15, 0.2) is 5.82 Å². The number of benzene rings is 1. The molecule has 2 rings (SSSR count). The van der Waals surface area contributed by atoms with Crippen LogP contribution in [0.4, 0.5) is 5.82 Å². The highest BCUT2D eigenvalue weighted by molar-refractivity contribution is 5.93. The van der Waals surface area contributed by atoms with Gasteiger partial charge in [-0.25, -0.2) is 0 Å². The van der Waals surface area contributed by atoms with E-state index < -0.39 is 6.04 Å². The van der Waals surface area contributed by atoms with Crippen molar-refractivity contribution in [1.82, 2.24) is 5.16 Å². The summed E-state index contributed by atoms with van der Waals surface area (Å²) in [7, 11) is 0. The number of rotatable bonds is 5. The molecule has 19 heavy (non-hydrogen) atoms. The first-order valence-electron chi connectivity index (χ1n) is 6.19. The molecule has 1 amide bonds. The minimum Gasteiger partial charge on any atom is -0.360 e. The molecule has 5 heteroatoms. The van der Waals surface area contributed by atoms with E-state index in [2.05, 4.69) is 10.5 Å². The van der Waals surface area contributed by atoms with Crippen LogP contribution in [0.2, 0.25) is 0 Å². The molecule has 1 heterocycles. The Hall–Kier alpha value is -2.14. The number of nitrogens with zero attached hydrogens (tertiary/aromatic N) is 1. The van der Waals surface area contributed by atoms with Crippen LogP contribution >= 0.6 is 0 Å². The number of aromatic nitrogens is 1. The number of amides is 1. The minimum atomic E-state index is -0.558. The van der Waals surface area contributed by atoms with Gasteiger partial charge in [-0.15, -0.1) is 0 Å². The highest BCUT2D eigenvalue weighted by atomic mass is 16.5. The first-order chi connectivity index (χ1) is 9.15. The standard InChI is InChI=1S/C14H17N3O2/c1-10-9-13(17-19-10)16-14(18)12(15)8-7-11-5-3-2-4-6-11/h2-6,9,12H,7-8,15H2,1H3,(H,16,17,18)/t12-/m0/s1. The van der Waals surface area contributed by atoms with E-state index in [9.17, 15) is 4.79 Å². The van der Waals surface area contributed by atoms with Crippen molar-refractivity contribution in [2.45, 2.75) is 25.8 Å². The average molecular weight is 259 g/mol. The number of nitrogens with two attached hydrogens (primary N) is 1. The second kappa shape index (κ2) is 6.15. The number of hydrogen-bond acceptors (Lipinski definition) is 4. The van der Waals surface area contributed by atoms with Crippen LogP contribution in [-0.2, 0) is 11.2 Å². The van der Waals surface area contributed by atoms with Crippen LogP contribution in [0, 0.1) is 6.92 Å². The fourth-order valence-corrected chi connectivity index (χ4v) is 1.74. The average Bonchev–Trinajstić information content (AvgIpc) is 2.82. The van der Waals surface area contributed by atoms with E-state index in [0.717, 1.165) is 6.42 Å². The Morgan fingerprint density at radius 2 is 2.16 bits per heavy atom. The van der Waals surface area contributed by atoms with E-state index in [1.165, 1.54) is 5.56 Å². The van der Waals surface area contributed by atoms with Crippen molar-refractivity contribution >= 4 is 11.7 Å². The minimum absolute atomic E-state index is 0.246. The largest absolute Gasteiger partial charge is 0.360 e. The van der Waals surface area contributed by atoms with Crippen molar-refractivity contribution in [2.24, 2.45) is 5.73 Å². The van der Waals surface area contributed by atoms with Gasteiger partial charge in [0.05, 0.1) is 6.04 Å². The summed E-state index contributed by atoms with van der Waals surface area (Å²) in [5.41, 5.74) is 7.02. The van der Waals surface area contributed by atoms with Crippen LogP contribution in [0.15, 0.2) is 40.9 Å². The van der Waals surface area contributed by atoms with E-state index in [-0.39, 0.29) is 5.91 Å². The fourth-order valence-electron chi connectivity index (χ4n) is 1.74. The van der Waals surface area contributed by atoms with Crippen molar-refractivity contribution < 1.29 is 9.32 Å². The maximum absolute atomic E-state index is 11.8. The van der Waals surface area contributed by atoms with Crippen molar-refractivity contribution in [3.05, 3.63) is 47.7 Å². The Morgan fingerprint density at radius 3 is 2.79 bits per heavy atom. The molecule has 1 atom stereocenters. The molecule has 1 aromatic heterocycles. The third-order valence-corrected chi connectivity index (χ3v) is 2.80. The number of anilines is 1. The first kappa shape index (κ1) is 13.3. The van der Waals surface area contributed by atoms with Gasteiger partial charge >= 0.3 is 0 Å². The van der Waals surface area contributed by atoms with Crippen LogP contribution in [0.1, 0.15) is 17.7 Å². The summed E-state index contributed by atoms with van der Waals surface area (Å²) < 4.78 is 4.87. The number of carbonyl (C=O) groups excluding carboxylic acids is 1. The Labute approximate surface area is 111 Å². The third kappa shape index (κ3) is 3.93. The molecular formula is C14H17N3O2. The third-order valence-electron chi connectivity index (χ3n) is 2.80. The quantitative estimate of drug-likeness (QED) is 0.859. The van der Waals surface area contributed by atoms with Crippen LogP contribution in [0.25, 0.3) is 0 Å². The normalized spacial score (nSPS) is 12.1. The zero-order valence-corrected chi connectivity index (χ0v) is 10.8. The van der Waals surface area contributed by atoms with E-state index >= 15 is 0 Å². The molecule has 3 N–H and O–H groups in total. The maximum atomic E-state index is 11.8. The fraction of sp³-hybridized carbons (Fsp3) is 0.286. The van der Waals surface area contributed by atoms with Crippen LogP contribution in [-0.4, -0.2) is 17.1 Å². The summed E-state index contributed by atoms with van der Waals surface area (Å²) in [5, 5.41) is 6.32. The molecule has 0 spiro atoms. The van der Waals surface area contributed by atoms with Crippen LogP contribution in [0.5, 0.6) is 0 Å². The molecule has 0 aliphatic carbocycles. The Morgan fingerprint density at radius 1 is 1.42 bits per heavy atom. The first-order valence-corrected chi connectivity index (χ1v) is 6.19. The van der Waals surface area contributed by atoms with Gasteiger partial charge in [0, 0.05) is 6.07 Å². The smallest absolute Gasteiger partial charge is 0.242 e. The van der Waals surface area contributed by atoms with Gasteiger partial charge in [-0.2, -0.15) is 0 Å². The van der Waals surface area contributed by atoms with Crippen molar-refractivity contribution in [3.8, 4) is 0 Å². The van der Waals surface area contributed by atoms with Gasteiger partial charge in [0.2, 0.25) is 5.91 Å². The second-order valence-electron chi connectivity index (χ2n) is 4.44. The van der Waals surface area contributed by atoms with Crippen LogP contribution in [0.3, 0.4) is 0 Å². The van der Waals surface area contributed by atoms with Gasteiger partial charge < -0.3 is 15.6 Å². The summed E-state index contributed by atoms with van der Waals surface area (Å²) in [4.78, 5) is 11.8. The molecule has 0 unspecified atom stereocenters. The lowest BCUT2D eigenvalue weighted by Gasteiger charge is -2.10. The lowest BCUT2D eigenvalue weighted by atomic mass is 10.1. The Balaban J connectivity index is 1.82. The number of nitrogens with one attached hydrogen (secondary N) is 1. The number of aryl methyl sites for hydroxylation is 2. The van der Waals surface area contributed by atoms with Gasteiger partial charge in [-0.1, -0.05) is 35.5 Å². The molecule has 1 aromatic carbocycles. The second-order valence-corrected chi connectivity index (χ2v) is 4.44. The number of hydrogen-bond donors (Lipinski definition) is 2. The number of carbonyl (C=O) groups is 1. The zero-order valence-electron chi connectivity index (χ0n) is 10.8. The van der Waals surface area contributed by atoms with Gasteiger partial charge in [-0.05, 0) is 25.3 Å². The molecule has 0 radical (unpaired) electrons. The predicted octanol–water partition coefficient (Wildman–Crippen LogP) is 1.88. The monoisotopic (exact) mass is 259 g/mol. The summed E-state index contributed by atoms with van der Waals surface area (Å²) in [6.45, 7) is 1.76. The topological polar surface area (TPSA) is 81.2 Å². The predicted molar refractivity (Wildman–Crippen MR) is 72.6 cm³/mol.